The second-order valence-electron chi connectivity index (χ2n) is 4.18. The summed E-state index contributed by atoms with van der Waals surface area (Å²) in [5.41, 5.74) is 0.324. The molecule has 0 bridgehead atoms. The maximum Gasteiger partial charge on any atom is 0.0836 e. The maximum atomic E-state index is 9.85. The Balaban J connectivity index is 3.56. The third-order valence-electron chi connectivity index (χ3n) is 1.35. The summed E-state index contributed by atoms with van der Waals surface area (Å²) in [6.07, 6.45) is 1.07. The van der Waals surface area contributed by atoms with Crippen molar-refractivity contribution in [1.82, 2.24) is 0 Å². The summed E-state index contributed by atoms with van der Waals surface area (Å²) in [7, 11) is 0. The van der Waals surface area contributed by atoms with Crippen LogP contribution in [0.1, 0.15) is 34.1 Å². The average molecular weight is 143 g/mol. The lowest BCUT2D eigenvalue weighted by atomic mass is 9.86. The van der Waals surface area contributed by atoms with Gasteiger partial charge in [0.1, 0.15) is 0 Å². The van der Waals surface area contributed by atoms with Crippen molar-refractivity contribution in [3.05, 3.63) is 4.91 Å². The summed E-state index contributed by atoms with van der Waals surface area (Å²) in [6.45, 7) is 9.04. The summed E-state index contributed by atoms with van der Waals surface area (Å²) >= 11 is 0. The van der Waals surface area contributed by atoms with Crippen molar-refractivity contribution in [1.29, 1.82) is 0 Å². The van der Waals surface area contributed by atoms with Crippen LogP contribution in [0.4, 0.5) is 0 Å². The van der Waals surface area contributed by atoms with E-state index in [2.05, 4.69) is 32.9 Å². The largest absolute Gasteiger partial charge is 0.151 e. The molecule has 0 N–H and O–H groups in total. The first-order valence-corrected chi connectivity index (χ1v) is 3.75. The van der Waals surface area contributed by atoms with Crippen LogP contribution in [0.5, 0.6) is 0 Å². The highest BCUT2D eigenvalue weighted by Gasteiger charge is 2.14. The van der Waals surface area contributed by atoms with Gasteiger partial charge in [0.05, 0.1) is 6.54 Å². The Labute approximate surface area is 63.0 Å². The molecule has 2 nitrogen and oxygen atoms in total. The second-order valence-corrected chi connectivity index (χ2v) is 4.18. The molecule has 0 amide bonds. The van der Waals surface area contributed by atoms with Crippen LogP contribution < -0.4 is 0 Å². The van der Waals surface area contributed by atoms with Gasteiger partial charge >= 0.3 is 0 Å². The first-order valence-electron chi connectivity index (χ1n) is 3.75. The van der Waals surface area contributed by atoms with E-state index in [-0.39, 0.29) is 0 Å². The highest BCUT2D eigenvalue weighted by atomic mass is 16.3. The minimum absolute atomic E-state index is 0.324. The zero-order valence-corrected chi connectivity index (χ0v) is 7.35. The lowest BCUT2D eigenvalue weighted by molar-refractivity contribution is 0.311. The number of nitrogens with zero attached hydrogens (tertiary/aromatic N) is 1. The fourth-order valence-electron chi connectivity index (χ4n) is 1.24. The van der Waals surface area contributed by atoms with Crippen molar-refractivity contribution in [2.75, 3.05) is 6.54 Å². The molecule has 0 aliphatic rings. The van der Waals surface area contributed by atoms with Crippen LogP contribution in [0.15, 0.2) is 5.18 Å². The predicted octanol–water partition coefficient (Wildman–Crippen LogP) is 2.83. The standard InChI is InChI=1S/C8H17NO/c1-7(6-9-10)5-8(2,3)4/h7H,5-6H2,1-4H3. The van der Waals surface area contributed by atoms with Gasteiger partial charge in [-0.25, -0.2) is 0 Å². The lowest BCUT2D eigenvalue weighted by Gasteiger charge is -2.21. The van der Waals surface area contributed by atoms with Crippen molar-refractivity contribution in [2.24, 2.45) is 16.5 Å². The van der Waals surface area contributed by atoms with E-state index in [0.717, 1.165) is 6.42 Å². The SMILES string of the molecule is CC(CN=O)CC(C)(C)C. The quantitative estimate of drug-likeness (QED) is 0.558. The average Bonchev–Trinajstić information content (AvgIpc) is 1.59. The molecule has 2 heteroatoms. The highest BCUT2D eigenvalue weighted by molar-refractivity contribution is 4.67. The van der Waals surface area contributed by atoms with Crippen molar-refractivity contribution < 1.29 is 0 Å². The van der Waals surface area contributed by atoms with Gasteiger partial charge in [0, 0.05) is 0 Å². The highest BCUT2D eigenvalue weighted by Crippen LogP contribution is 2.23. The van der Waals surface area contributed by atoms with Crippen LogP contribution in [0, 0.1) is 16.2 Å². The first kappa shape index (κ1) is 9.60. The van der Waals surface area contributed by atoms with Crippen LogP contribution in [-0.4, -0.2) is 6.54 Å². The Kier molecular flexibility index (Phi) is 3.54. The van der Waals surface area contributed by atoms with E-state index in [1.165, 1.54) is 0 Å². The van der Waals surface area contributed by atoms with Crippen molar-refractivity contribution in [3.63, 3.8) is 0 Å². The molecule has 1 unspecified atom stereocenters. The van der Waals surface area contributed by atoms with Crippen molar-refractivity contribution >= 4 is 0 Å². The van der Waals surface area contributed by atoms with E-state index in [1.54, 1.807) is 0 Å². The Morgan fingerprint density at radius 3 is 2.20 bits per heavy atom. The fourth-order valence-corrected chi connectivity index (χ4v) is 1.24. The molecular weight excluding hydrogens is 126 g/mol. The predicted molar refractivity (Wildman–Crippen MR) is 43.9 cm³/mol. The summed E-state index contributed by atoms with van der Waals surface area (Å²) in [4.78, 5) is 9.85. The Hall–Kier alpha value is -0.400. The summed E-state index contributed by atoms with van der Waals surface area (Å²) < 4.78 is 0. The number of rotatable bonds is 3. The molecule has 0 aromatic heterocycles. The molecule has 0 fully saturated rings. The molecular formula is C8H17NO. The molecule has 0 saturated heterocycles. The van der Waals surface area contributed by atoms with E-state index in [1.807, 2.05) is 0 Å². The second kappa shape index (κ2) is 3.69. The van der Waals surface area contributed by atoms with Crippen LogP contribution in [-0.2, 0) is 0 Å². The van der Waals surface area contributed by atoms with E-state index < -0.39 is 0 Å². The topological polar surface area (TPSA) is 29.4 Å². The molecule has 0 heterocycles. The van der Waals surface area contributed by atoms with Crippen LogP contribution >= 0.6 is 0 Å². The fraction of sp³-hybridized carbons (Fsp3) is 1.00. The third kappa shape index (κ3) is 5.73. The molecule has 1 atom stereocenters. The Bertz CT molecular complexity index is 104. The molecule has 0 spiro atoms. The van der Waals surface area contributed by atoms with Crippen LogP contribution in [0.3, 0.4) is 0 Å². The Morgan fingerprint density at radius 2 is 1.90 bits per heavy atom. The van der Waals surface area contributed by atoms with E-state index in [0.29, 0.717) is 17.9 Å². The van der Waals surface area contributed by atoms with E-state index in [9.17, 15) is 4.91 Å². The van der Waals surface area contributed by atoms with Crippen molar-refractivity contribution in [3.8, 4) is 0 Å². The molecule has 60 valence electrons. The molecule has 0 aromatic rings. The van der Waals surface area contributed by atoms with E-state index >= 15 is 0 Å². The van der Waals surface area contributed by atoms with E-state index in [4.69, 9.17) is 0 Å². The molecule has 0 saturated carbocycles. The minimum Gasteiger partial charge on any atom is -0.151 e. The summed E-state index contributed by atoms with van der Waals surface area (Å²) in [5, 5.41) is 2.87. The number of hydrogen-bond donors (Lipinski definition) is 0. The minimum atomic E-state index is 0.324. The first-order chi connectivity index (χ1) is 4.45. The molecule has 0 aliphatic carbocycles. The number of hydrogen-bond acceptors (Lipinski definition) is 2. The molecule has 10 heavy (non-hydrogen) atoms. The van der Waals surface area contributed by atoms with Crippen LogP contribution in [0.25, 0.3) is 0 Å². The normalized spacial score (nSPS) is 14.8. The smallest absolute Gasteiger partial charge is 0.0836 e. The zero-order chi connectivity index (χ0) is 8.20. The third-order valence-corrected chi connectivity index (χ3v) is 1.35. The lowest BCUT2D eigenvalue weighted by Crippen LogP contribution is -2.12. The van der Waals surface area contributed by atoms with Crippen LogP contribution in [0.2, 0.25) is 0 Å². The number of nitroso groups, excluding NO2 is 1. The van der Waals surface area contributed by atoms with Gasteiger partial charge in [-0.3, -0.25) is 0 Å². The monoisotopic (exact) mass is 143 g/mol. The van der Waals surface area contributed by atoms with Crippen molar-refractivity contribution in [2.45, 2.75) is 34.1 Å². The molecule has 0 radical (unpaired) electrons. The van der Waals surface area contributed by atoms with Gasteiger partial charge in [-0.15, -0.1) is 0 Å². The van der Waals surface area contributed by atoms with Gasteiger partial charge < -0.3 is 0 Å². The van der Waals surface area contributed by atoms with Gasteiger partial charge in [-0.2, -0.15) is 4.91 Å². The van der Waals surface area contributed by atoms with Gasteiger partial charge in [-0.05, 0) is 17.8 Å². The summed E-state index contributed by atoms with van der Waals surface area (Å²) in [6, 6.07) is 0. The molecule has 0 aromatic carbocycles. The molecule has 0 aliphatic heterocycles. The van der Waals surface area contributed by atoms with Gasteiger partial charge in [0.25, 0.3) is 0 Å². The maximum absolute atomic E-state index is 9.85. The van der Waals surface area contributed by atoms with Gasteiger partial charge in [0.15, 0.2) is 0 Å². The Morgan fingerprint density at radius 1 is 1.40 bits per heavy atom. The zero-order valence-electron chi connectivity index (χ0n) is 7.35. The van der Waals surface area contributed by atoms with Gasteiger partial charge in [0.2, 0.25) is 0 Å². The van der Waals surface area contributed by atoms with Gasteiger partial charge in [-0.1, -0.05) is 32.9 Å². The molecule has 0 rings (SSSR count). The summed E-state index contributed by atoms with van der Waals surface area (Å²) in [5.74, 6) is 0.428.